The Balaban J connectivity index is 1.77. The number of aryl methyl sites for hydroxylation is 1. The van der Waals surface area contributed by atoms with Crippen molar-refractivity contribution in [3.63, 3.8) is 0 Å². The van der Waals surface area contributed by atoms with E-state index in [2.05, 4.69) is 16.6 Å². The second kappa shape index (κ2) is 10.5. The second-order valence-electron chi connectivity index (χ2n) is 7.19. The molecule has 0 unspecified atom stereocenters. The molecule has 0 saturated heterocycles. The summed E-state index contributed by atoms with van der Waals surface area (Å²) in [6, 6.07) is 7.13. The third kappa shape index (κ3) is 5.98. The Bertz CT molecular complexity index is 1260. The molecule has 0 aromatic heterocycles. The van der Waals surface area contributed by atoms with Gasteiger partial charge in [-0.2, -0.15) is 8.78 Å². The zero-order valence-corrected chi connectivity index (χ0v) is 17.7. The maximum absolute atomic E-state index is 14.5. The predicted molar refractivity (Wildman–Crippen MR) is 113 cm³/mol. The van der Waals surface area contributed by atoms with Crippen LogP contribution >= 0.6 is 0 Å². The van der Waals surface area contributed by atoms with Crippen LogP contribution < -0.4 is 4.74 Å². The highest BCUT2D eigenvalue weighted by atomic mass is 19.3. The molecule has 0 aliphatic carbocycles. The fourth-order valence-electron chi connectivity index (χ4n) is 3.00. The van der Waals surface area contributed by atoms with Gasteiger partial charge in [0.2, 0.25) is 0 Å². The standard InChI is InChI=1S/C26H17F7O/c1-2-3-4-5-16-7-11-20(22(28)12-16)26(32,33)34-19-10-9-18(21(27)15-19)8-6-17-13-23(29)25(31)24(30)14-17/h2-3,7,9-15H,4-5H2,1H3/b3-2+. The van der Waals surface area contributed by atoms with Gasteiger partial charge in [0.1, 0.15) is 17.4 Å². The summed E-state index contributed by atoms with van der Waals surface area (Å²) < 4.78 is 102. The molecule has 0 amide bonds. The van der Waals surface area contributed by atoms with E-state index in [1.165, 1.54) is 6.07 Å². The molecule has 3 aromatic rings. The van der Waals surface area contributed by atoms with Gasteiger partial charge in [0.05, 0.1) is 11.1 Å². The summed E-state index contributed by atoms with van der Waals surface area (Å²) in [4.78, 5) is 0. The number of hydrogen-bond acceptors (Lipinski definition) is 1. The van der Waals surface area contributed by atoms with E-state index in [0.717, 1.165) is 24.3 Å². The van der Waals surface area contributed by atoms with Gasteiger partial charge in [-0.05, 0) is 61.7 Å². The average Bonchev–Trinajstić information content (AvgIpc) is 2.76. The normalized spacial score (nSPS) is 11.4. The largest absolute Gasteiger partial charge is 0.429 e. The number of allylic oxidation sites excluding steroid dienone is 2. The average molecular weight is 478 g/mol. The van der Waals surface area contributed by atoms with Gasteiger partial charge in [0, 0.05) is 11.6 Å². The van der Waals surface area contributed by atoms with Crippen LogP contribution in [0.15, 0.2) is 60.7 Å². The summed E-state index contributed by atoms with van der Waals surface area (Å²) in [5.41, 5.74) is -1.03. The van der Waals surface area contributed by atoms with Gasteiger partial charge in [-0.3, -0.25) is 0 Å². The van der Waals surface area contributed by atoms with Gasteiger partial charge in [-0.25, -0.2) is 22.0 Å². The Morgan fingerprint density at radius 1 is 0.824 bits per heavy atom. The van der Waals surface area contributed by atoms with E-state index in [0.29, 0.717) is 36.6 Å². The molecule has 0 atom stereocenters. The molecule has 8 heteroatoms. The zero-order valence-electron chi connectivity index (χ0n) is 17.7. The van der Waals surface area contributed by atoms with E-state index in [-0.39, 0.29) is 11.1 Å². The number of alkyl halides is 2. The van der Waals surface area contributed by atoms with Crippen molar-refractivity contribution in [2.75, 3.05) is 0 Å². The third-order valence-electron chi connectivity index (χ3n) is 4.69. The Morgan fingerprint density at radius 2 is 1.53 bits per heavy atom. The fraction of sp³-hybridized carbons (Fsp3) is 0.154. The lowest BCUT2D eigenvalue weighted by Gasteiger charge is -2.19. The van der Waals surface area contributed by atoms with Crippen molar-refractivity contribution in [2.24, 2.45) is 0 Å². The number of halogens is 7. The van der Waals surface area contributed by atoms with Crippen LogP contribution in [-0.2, 0) is 12.5 Å². The molecule has 1 nitrogen and oxygen atoms in total. The molecule has 0 heterocycles. The minimum Gasteiger partial charge on any atom is -0.429 e. The van der Waals surface area contributed by atoms with Crippen molar-refractivity contribution < 1.29 is 35.5 Å². The van der Waals surface area contributed by atoms with Crippen LogP contribution in [0.4, 0.5) is 30.7 Å². The van der Waals surface area contributed by atoms with Crippen molar-refractivity contribution in [1.29, 1.82) is 0 Å². The van der Waals surface area contributed by atoms with Gasteiger partial charge >= 0.3 is 6.11 Å². The first-order chi connectivity index (χ1) is 16.1. The van der Waals surface area contributed by atoms with Gasteiger partial charge < -0.3 is 4.74 Å². The first-order valence-corrected chi connectivity index (χ1v) is 10.0. The molecule has 176 valence electrons. The Hall–Kier alpha value is -3.73. The molecule has 3 aromatic carbocycles. The van der Waals surface area contributed by atoms with Crippen LogP contribution in [0, 0.1) is 40.9 Å². The number of ether oxygens (including phenoxy) is 1. The predicted octanol–water partition coefficient (Wildman–Crippen LogP) is 7.42. The SMILES string of the molecule is C/C=C/CCc1ccc(C(F)(F)Oc2ccc(C#Cc3cc(F)c(F)c(F)c3)c(F)c2)c(F)c1. The summed E-state index contributed by atoms with van der Waals surface area (Å²) >= 11 is 0. The molecule has 0 spiro atoms. The maximum atomic E-state index is 14.5. The number of benzene rings is 3. The van der Waals surface area contributed by atoms with Gasteiger partial charge in [-0.15, -0.1) is 0 Å². The van der Waals surface area contributed by atoms with Crippen LogP contribution in [0.2, 0.25) is 0 Å². The summed E-state index contributed by atoms with van der Waals surface area (Å²) in [5, 5.41) is 0. The smallest absolute Gasteiger partial charge is 0.429 e. The van der Waals surface area contributed by atoms with Crippen LogP contribution in [0.1, 0.15) is 35.6 Å². The molecule has 0 radical (unpaired) electrons. The molecule has 0 N–H and O–H groups in total. The summed E-state index contributed by atoms with van der Waals surface area (Å²) in [6.07, 6.45) is 0.697. The van der Waals surface area contributed by atoms with Crippen molar-refractivity contribution >= 4 is 0 Å². The summed E-state index contributed by atoms with van der Waals surface area (Å²) in [5.74, 6) is -2.89. The molecular weight excluding hydrogens is 461 g/mol. The lowest BCUT2D eigenvalue weighted by molar-refractivity contribution is -0.187. The third-order valence-corrected chi connectivity index (χ3v) is 4.69. The first kappa shape index (κ1) is 24.9. The van der Waals surface area contributed by atoms with Gasteiger partial charge in [0.15, 0.2) is 17.5 Å². The Labute approximate surface area is 191 Å². The lowest BCUT2D eigenvalue weighted by atomic mass is 10.1. The Kier molecular flexibility index (Phi) is 7.67. The van der Waals surface area contributed by atoms with Crippen molar-refractivity contribution in [3.8, 4) is 17.6 Å². The number of rotatable bonds is 6. The molecule has 3 rings (SSSR count). The van der Waals surface area contributed by atoms with E-state index in [9.17, 15) is 30.7 Å². The van der Waals surface area contributed by atoms with Gasteiger partial charge in [-0.1, -0.05) is 30.1 Å². The van der Waals surface area contributed by atoms with Crippen LogP contribution in [0.3, 0.4) is 0 Å². The van der Waals surface area contributed by atoms with E-state index in [4.69, 9.17) is 0 Å². The molecule has 0 aliphatic heterocycles. The van der Waals surface area contributed by atoms with Crippen LogP contribution in [0.25, 0.3) is 0 Å². The van der Waals surface area contributed by atoms with Crippen molar-refractivity contribution in [3.05, 3.63) is 112 Å². The van der Waals surface area contributed by atoms with Crippen LogP contribution in [0.5, 0.6) is 5.75 Å². The van der Waals surface area contributed by atoms with E-state index < -0.39 is 46.5 Å². The minimum absolute atomic E-state index is 0.257. The molecule has 0 saturated carbocycles. The van der Waals surface area contributed by atoms with Crippen molar-refractivity contribution in [2.45, 2.75) is 25.9 Å². The monoisotopic (exact) mass is 478 g/mol. The first-order valence-electron chi connectivity index (χ1n) is 10.0. The highest BCUT2D eigenvalue weighted by Crippen LogP contribution is 2.34. The topological polar surface area (TPSA) is 9.23 Å². The highest BCUT2D eigenvalue weighted by molar-refractivity contribution is 5.45. The fourth-order valence-corrected chi connectivity index (χ4v) is 3.00. The molecule has 0 aliphatic rings. The quantitative estimate of drug-likeness (QED) is 0.155. The maximum Gasteiger partial charge on any atom is 0.429 e. The van der Waals surface area contributed by atoms with Crippen molar-refractivity contribution in [1.82, 2.24) is 0 Å². The summed E-state index contributed by atoms with van der Waals surface area (Å²) in [7, 11) is 0. The number of hydrogen-bond donors (Lipinski definition) is 0. The minimum atomic E-state index is -4.09. The molecular formula is C26H17F7O. The van der Waals surface area contributed by atoms with E-state index >= 15 is 0 Å². The van der Waals surface area contributed by atoms with Crippen LogP contribution in [-0.4, -0.2) is 0 Å². The Morgan fingerprint density at radius 3 is 2.15 bits per heavy atom. The molecule has 34 heavy (non-hydrogen) atoms. The highest BCUT2D eigenvalue weighted by Gasteiger charge is 2.37. The van der Waals surface area contributed by atoms with Gasteiger partial charge in [0.25, 0.3) is 0 Å². The zero-order chi connectivity index (χ0) is 24.9. The lowest BCUT2D eigenvalue weighted by Crippen LogP contribution is -2.23. The van der Waals surface area contributed by atoms with E-state index in [1.54, 1.807) is 0 Å². The molecule has 0 fully saturated rings. The summed E-state index contributed by atoms with van der Waals surface area (Å²) in [6.45, 7) is 1.83. The van der Waals surface area contributed by atoms with E-state index in [1.807, 2.05) is 19.1 Å². The second-order valence-corrected chi connectivity index (χ2v) is 7.19. The molecule has 0 bridgehead atoms.